The molecule has 0 amide bonds. The molecule has 0 aliphatic carbocycles. The third-order valence-corrected chi connectivity index (χ3v) is 2.90. The number of benzene rings is 1. The van der Waals surface area contributed by atoms with Gasteiger partial charge in [-0.2, -0.15) is 0 Å². The summed E-state index contributed by atoms with van der Waals surface area (Å²) in [4.78, 5) is 23.1. The molecule has 0 saturated heterocycles. The van der Waals surface area contributed by atoms with Gasteiger partial charge in [-0.25, -0.2) is 9.59 Å². The van der Waals surface area contributed by atoms with E-state index < -0.39 is 5.97 Å². The van der Waals surface area contributed by atoms with Gasteiger partial charge in [0.1, 0.15) is 12.3 Å². The van der Waals surface area contributed by atoms with Crippen LogP contribution in [0.5, 0.6) is 0 Å². The number of rotatable bonds is 4. The van der Waals surface area contributed by atoms with Crippen LogP contribution in [0, 0.1) is 0 Å². The molecule has 0 fully saturated rings. The predicted octanol–water partition coefficient (Wildman–Crippen LogP) is 2.17. The van der Waals surface area contributed by atoms with E-state index in [1.54, 1.807) is 54.2 Å². The number of carbonyl (C=O) groups excluding carboxylic acids is 2. The molecule has 0 atom stereocenters. The van der Waals surface area contributed by atoms with E-state index >= 15 is 0 Å². The molecule has 1 aromatic heterocycles. The Balaban J connectivity index is 1.96. The number of methoxy groups -OCH3 is 1. The number of hydrogen-bond acceptors (Lipinski definition) is 4. The van der Waals surface area contributed by atoms with Crippen LogP contribution in [0.4, 0.5) is 0 Å². The van der Waals surface area contributed by atoms with Gasteiger partial charge in [0.25, 0.3) is 0 Å². The van der Waals surface area contributed by atoms with Crippen LogP contribution in [0.15, 0.2) is 42.6 Å². The first-order valence-electron chi connectivity index (χ1n) is 6.07. The van der Waals surface area contributed by atoms with Crippen molar-refractivity contribution in [2.75, 3.05) is 7.11 Å². The molecule has 0 radical (unpaired) electrons. The lowest BCUT2D eigenvalue weighted by molar-refractivity contribution is 0.0460. The Morgan fingerprint density at radius 1 is 1.10 bits per heavy atom. The fourth-order valence-electron chi connectivity index (χ4n) is 1.75. The number of aryl methyl sites for hydroxylation is 1. The minimum absolute atomic E-state index is 0.158. The Morgan fingerprint density at radius 3 is 2.35 bits per heavy atom. The third kappa shape index (κ3) is 3.06. The molecule has 0 saturated carbocycles. The van der Waals surface area contributed by atoms with Crippen LogP contribution in [-0.4, -0.2) is 23.6 Å². The Labute approximate surface area is 116 Å². The monoisotopic (exact) mass is 273 g/mol. The molecule has 1 aromatic carbocycles. The van der Waals surface area contributed by atoms with Crippen LogP contribution in [0.25, 0.3) is 0 Å². The summed E-state index contributed by atoms with van der Waals surface area (Å²) >= 11 is 0. The van der Waals surface area contributed by atoms with Crippen LogP contribution >= 0.6 is 0 Å². The molecule has 104 valence electrons. The van der Waals surface area contributed by atoms with Crippen molar-refractivity contribution in [1.29, 1.82) is 0 Å². The van der Waals surface area contributed by atoms with E-state index in [1.807, 2.05) is 0 Å². The van der Waals surface area contributed by atoms with Gasteiger partial charge in [0, 0.05) is 13.2 Å². The third-order valence-electron chi connectivity index (χ3n) is 2.90. The molecule has 0 bridgehead atoms. The summed E-state index contributed by atoms with van der Waals surface area (Å²) in [5.41, 5.74) is 1.77. The minimum atomic E-state index is -0.391. The highest BCUT2D eigenvalue weighted by Crippen LogP contribution is 2.09. The van der Waals surface area contributed by atoms with Crippen molar-refractivity contribution in [3.8, 4) is 0 Å². The van der Waals surface area contributed by atoms with Crippen LogP contribution in [-0.2, 0) is 23.1 Å². The number of esters is 2. The summed E-state index contributed by atoms with van der Waals surface area (Å²) in [6, 6.07) is 10.2. The Kier molecular flexibility index (Phi) is 4.20. The highest BCUT2D eigenvalue weighted by molar-refractivity contribution is 5.89. The quantitative estimate of drug-likeness (QED) is 0.801. The second kappa shape index (κ2) is 6.06. The molecule has 0 aliphatic rings. The molecule has 20 heavy (non-hydrogen) atoms. The molecular weight excluding hydrogens is 258 g/mol. The zero-order valence-corrected chi connectivity index (χ0v) is 11.3. The van der Waals surface area contributed by atoms with Gasteiger partial charge >= 0.3 is 11.9 Å². The summed E-state index contributed by atoms with van der Waals surface area (Å²) in [7, 11) is 3.11. The van der Waals surface area contributed by atoms with Gasteiger partial charge in [0.2, 0.25) is 0 Å². The molecule has 5 nitrogen and oxygen atoms in total. The van der Waals surface area contributed by atoms with Crippen LogP contribution in [0.2, 0.25) is 0 Å². The van der Waals surface area contributed by atoms with E-state index in [0.29, 0.717) is 11.3 Å². The Bertz CT molecular complexity index is 613. The van der Waals surface area contributed by atoms with E-state index in [4.69, 9.17) is 4.74 Å². The Hall–Kier alpha value is -2.56. The molecule has 0 aliphatic heterocycles. The first-order valence-corrected chi connectivity index (χ1v) is 6.07. The van der Waals surface area contributed by atoms with Crippen molar-refractivity contribution >= 4 is 11.9 Å². The largest absolute Gasteiger partial charge is 0.465 e. The lowest BCUT2D eigenvalue weighted by atomic mass is 10.1. The van der Waals surface area contributed by atoms with E-state index in [1.165, 1.54) is 7.11 Å². The smallest absolute Gasteiger partial charge is 0.355 e. The minimum Gasteiger partial charge on any atom is -0.465 e. The SMILES string of the molecule is COC(=O)c1ccc(COC(=O)c2cccn2C)cc1. The van der Waals surface area contributed by atoms with Crippen molar-refractivity contribution in [3.05, 3.63) is 59.4 Å². The van der Waals surface area contributed by atoms with Crippen molar-refractivity contribution in [2.45, 2.75) is 6.61 Å². The molecule has 1 heterocycles. The van der Waals surface area contributed by atoms with Crippen molar-refractivity contribution in [2.24, 2.45) is 7.05 Å². The topological polar surface area (TPSA) is 57.5 Å². The van der Waals surface area contributed by atoms with Crippen LogP contribution in [0.3, 0.4) is 0 Å². The number of aromatic nitrogens is 1. The second-order valence-electron chi connectivity index (χ2n) is 4.27. The summed E-state index contributed by atoms with van der Waals surface area (Å²) in [5, 5.41) is 0. The molecule has 0 unspecified atom stereocenters. The number of ether oxygens (including phenoxy) is 2. The van der Waals surface area contributed by atoms with Gasteiger partial charge < -0.3 is 14.0 Å². The molecule has 2 aromatic rings. The summed E-state index contributed by atoms with van der Waals surface area (Å²) in [5.74, 6) is -0.771. The van der Waals surface area contributed by atoms with Crippen molar-refractivity contribution in [3.63, 3.8) is 0 Å². The lowest BCUT2D eigenvalue weighted by Crippen LogP contribution is -2.09. The van der Waals surface area contributed by atoms with E-state index in [9.17, 15) is 9.59 Å². The standard InChI is InChI=1S/C15H15NO4/c1-16-9-3-4-13(16)15(18)20-10-11-5-7-12(8-6-11)14(17)19-2/h3-9H,10H2,1-2H3. The average molecular weight is 273 g/mol. The second-order valence-corrected chi connectivity index (χ2v) is 4.27. The van der Waals surface area contributed by atoms with Crippen molar-refractivity contribution < 1.29 is 19.1 Å². The maximum Gasteiger partial charge on any atom is 0.355 e. The molecule has 5 heteroatoms. The molecule has 2 rings (SSSR count). The fourth-order valence-corrected chi connectivity index (χ4v) is 1.75. The van der Waals surface area contributed by atoms with E-state index in [0.717, 1.165) is 5.56 Å². The highest BCUT2D eigenvalue weighted by Gasteiger charge is 2.10. The lowest BCUT2D eigenvalue weighted by Gasteiger charge is -2.06. The van der Waals surface area contributed by atoms with Gasteiger partial charge in [-0.3, -0.25) is 0 Å². The zero-order chi connectivity index (χ0) is 14.5. The normalized spacial score (nSPS) is 10.1. The van der Waals surface area contributed by atoms with Gasteiger partial charge in [0.05, 0.1) is 12.7 Å². The maximum absolute atomic E-state index is 11.8. The van der Waals surface area contributed by atoms with Gasteiger partial charge in [-0.1, -0.05) is 12.1 Å². The van der Waals surface area contributed by atoms with Crippen LogP contribution < -0.4 is 0 Å². The summed E-state index contributed by atoms with van der Waals surface area (Å²) < 4.78 is 11.5. The molecule has 0 spiro atoms. The van der Waals surface area contributed by atoms with Gasteiger partial charge in [-0.05, 0) is 29.8 Å². The van der Waals surface area contributed by atoms with Crippen LogP contribution in [0.1, 0.15) is 26.4 Å². The van der Waals surface area contributed by atoms with E-state index in [-0.39, 0.29) is 12.6 Å². The van der Waals surface area contributed by atoms with Crippen molar-refractivity contribution in [1.82, 2.24) is 4.57 Å². The summed E-state index contributed by atoms with van der Waals surface area (Å²) in [6.07, 6.45) is 1.78. The van der Waals surface area contributed by atoms with Gasteiger partial charge in [0.15, 0.2) is 0 Å². The summed E-state index contributed by atoms with van der Waals surface area (Å²) in [6.45, 7) is 0.158. The molecular formula is C15H15NO4. The first kappa shape index (κ1) is 13.9. The predicted molar refractivity (Wildman–Crippen MR) is 72.3 cm³/mol. The highest BCUT2D eigenvalue weighted by atomic mass is 16.5. The average Bonchev–Trinajstić information content (AvgIpc) is 2.90. The zero-order valence-electron chi connectivity index (χ0n) is 11.3. The molecule has 0 N–H and O–H groups in total. The number of nitrogens with zero attached hydrogens (tertiary/aromatic N) is 1. The number of carbonyl (C=O) groups is 2. The number of hydrogen-bond donors (Lipinski definition) is 0. The maximum atomic E-state index is 11.8. The van der Waals surface area contributed by atoms with Gasteiger partial charge in [-0.15, -0.1) is 0 Å². The first-order chi connectivity index (χ1) is 9.61. The Morgan fingerprint density at radius 2 is 1.80 bits per heavy atom. The fraction of sp³-hybridized carbons (Fsp3) is 0.200. The van der Waals surface area contributed by atoms with E-state index in [2.05, 4.69) is 4.74 Å².